The molecule has 0 amide bonds. The number of carbonyl (C=O) groups is 1. The Morgan fingerprint density at radius 3 is 2.86 bits per heavy atom. The summed E-state index contributed by atoms with van der Waals surface area (Å²) in [4.78, 5) is 11.4. The lowest BCUT2D eigenvalue weighted by Crippen LogP contribution is -2.34. The molecule has 0 heterocycles. The van der Waals surface area contributed by atoms with Gasteiger partial charge in [-0.25, -0.2) is 0 Å². The largest absolute Gasteiger partial charge is 0.299 e. The molecule has 1 nitrogen and oxygen atoms in total. The van der Waals surface area contributed by atoms with Gasteiger partial charge in [0.25, 0.3) is 0 Å². The molecular weight excluding hydrogens is 172 g/mol. The van der Waals surface area contributed by atoms with E-state index in [2.05, 4.69) is 24.3 Å². The maximum atomic E-state index is 11.4. The first-order chi connectivity index (χ1) is 6.86. The first-order valence-corrected chi connectivity index (χ1v) is 5.47. The monoisotopic (exact) mass is 186 g/mol. The molecule has 0 aliphatic heterocycles. The van der Waals surface area contributed by atoms with E-state index in [0.717, 1.165) is 19.3 Å². The second-order valence-electron chi connectivity index (χ2n) is 4.47. The van der Waals surface area contributed by atoms with Crippen molar-refractivity contribution in [3.05, 3.63) is 35.4 Å². The van der Waals surface area contributed by atoms with Crippen molar-refractivity contribution in [2.75, 3.05) is 0 Å². The molecule has 2 atom stereocenters. The first kappa shape index (κ1) is 8.22. The lowest BCUT2D eigenvalue weighted by molar-refractivity contribution is -0.131. The minimum Gasteiger partial charge on any atom is -0.299 e. The van der Waals surface area contributed by atoms with Crippen LogP contribution in [-0.2, 0) is 11.2 Å². The number of carbonyl (C=O) groups excluding carboxylic acids is 1. The number of fused-ring (bicyclic) bond motifs is 3. The van der Waals surface area contributed by atoms with Crippen molar-refractivity contribution < 1.29 is 4.79 Å². The van der Waals surface area contributed by atoms with E-state index in [1.165, 1.54) is 17.5 Å². The summed E-state index contributed by atoms with van der Waals surface area (Å²) in [5.74, 6) is 1.41. The Hall–Kier alpha value is -1.11. The molecule has 1 fully saturated rings. The van der Waals surface area contributed by atoms with Gasteiger partial charge in [0.15, 0.2) is 0 Å². The number of rotatable bonds is 0. The van der Waals surface area contributed by atoms with Crippen LogP contribution in [0.1, 0.15) is 36.3 Å². The van der Waals surface area contributed by atoms with Crippen LogP contribution >= 0.6 is 0 Å². The summed E-state index contributed by atoms with van der Waals surface area (Å²) >= 11 is 0. The van der Waals surface area contributed by atoms with Gasteiger partial charge in [0.05, 0.1) is 0 Å². The maximum Gasteiger partial charge on any atom is 0.137 e. The summed E-state index contributed by atoms with van der Waals surface area (Å²) < 4.78 is 0. The van der Waals surface area contributed by atoms with Crippen LogP contribution in [0, 0.1) is 5.92 Å². The molecule has 3 rings (SSSR count). The van der Waals surface area contributed by atoms with E-state index < -0.39 is 0 Å². The van der Waals surface area contributed by atoms with E-state index in [4.69, 9.17) is 0 Å². The molecule has 0 aromatic heterocycles. The van der Waals surface area contributed by atoms with Gasteiger partial charge in [0.1, 0.15) is 5.78 Å². The number of Topliss-reactive ketones (excluding diaryl/α,β-unsaturated/α-hetero) is 1. The zero-order valence-corrected chi connectivity index (χ0v) is 8.20. The predicted octanol–water partition coefficient (Wildman–Crippen LogP) is 2.70. The molecule has 0 radical (unpaired) electrons. The van der Waals surface area contributed by atoms with E-state index in [1.54, 1.807) is 0 Å². The van der Waals surface area contributed by atoms with Gasteiger partial charge in [-0.15, -0.1) is 0 Å². The molecule has 1 saturated carbocycles. The van der Waals surface area contributed by atoms with Gasteiger partial charge in [0, 0.05) is 18.3 Å². The third kappa shape index (κ3) is 1.05. The van der Waals surface area contributed by atoms with Crippen LogP contribution in [0.4, 0.5) is 0 Å². The number of ketones is 1. The summed E-state index contributed by atoms with van der Waals surface area (Å²) in [6, 6.07) is 8.65. The third-order valence-electron chi connectivity index (χ3n) is 3.74. The lowest BCUT2D eigenvalue weighted by Gasteiger charge is -2.34. The fourth-order valence-corrected chi connectivity index (χ4v) is 2.90. The Kier molecular flexibility index (Phi) is 1.73. The number of hydrogen-bond acceptors (Lipinski definition) is 1. The van der Waals surface area contributed by atoms with Gasteiger partial charge in [-0.3, -0.25) is 4.79 Å². The molecule has 0 spiro atoms. The Morgan fingerprint density at radius 1 is 1.14 bits per heavy atom. The van der Waals surface area contributed by atoms with Gasteiger partial charge in [-0.2, -0.15) is 0 Å². The van der Waals surface area contributed by atoms with Crippen molar-refractivity contribution in [2.24, 2.45) is 5.92 Å². The normalized spacial score (nSPS) is 29.9. The van der Waals surface area contributed by atoms with Crippen LogP contribution in [0.15, 0.2) is 24.3 Å². The molecular formula is C13H14O. The van der Waals surface area contributed by atoms with Crippen molar-refractivity contribution in [3.63, 3.8) is 0 Å². The van der Waals surface area contributed by atoms with Crippen molar-refractivity contribution in [2.45, 2.75) is 31.6 Å². The number of benzene rings is 1. The van der Waals surface area contributed by atoms with E-state index in [-0.39, 0.29) is 0 Å². The smallest absolute Gasteiger partial charge is 0.137 e. The molecule has 1 aromatic carbocycles. The molecule has 2 aliphatic carbocycles. The molecule has 0 saturated heterocycles. The second kappa shape index (κ2) is 2.94. The number of aryl methyl sites for hydroxylation is 1. The molecule has 1 heteroatoms. The fraction of sp³-hybridized carbons (Fsp3) is 0.462. The highest BCUT2D eigenvalue weighted by molar-refractivity contribution is 5.89. The average molecular weight is 186 g/mol. The van der Waals surface area contributed by atoms with Crippen LogP contribution in [0.25, 0.3) is 0 Å². The third-order valence-corrected chi connectivity index (χ3v) is 3.74. The van der Waals surface area contributed by atoms with Gasteiger partial charge in [-0.1, -0.05) is 24.3 Å². The Morgan fingerprint density at radius 2 is 2.00 bits per heavy atom. The Labute approximate surface area is 84.1 Å². The minimum absolute atomic E-state index is 0.360. The fourth-order valence-electron chi connectivity index (χ4n) is 2.90. The van der Waals surface area contributed by atoms with Crippen molar-refractivity contribution in [1.29, 1.82) is 0 Å². The first-order valence-electron chi connectivity index (χ1n) is 5.47. The number of hydrogen-bond donors (Lipinski definition) is 0. The van der Waals surface area contributed by atoms with Crippen LogP contribution in [0.3, 0.4) is 0 Å². The van der Waals surface area contributed by atoms with E-state index >= 15 is 0 Å². The highest BCUT2D eigenvalue weighted by atomic mass is 16.1. The van der Waals surface area contributed by atoms with Gasteiger partial charge in [-0.05, 0) is 30.4 Å². The van der Waals surface area contributed by atoms with Crippen LogP contribution in [0.5, 0.6) is 0 Å². The van der Waals surface area contributed by atoms with Gasteiger partial charge >= 0.3 is 0 Å². The molecule has 14 heavy (non-hydrogen) atoms. The van der Waals surface area contributed by atoms with Crippen molar-refractivity contribution in [1.82, 2.24) is 0 Å². The topological polar surface area (TPSA) is 17.1 Å². The SMILES string of the molecule is O=C1CC2c3ccccc3CCCC12. The summed E-state index contributed by atoms with van der Waals surface area (Å²) in [6.07, 6.45) is 4.25. The highest BCUT2D eigenvalue weighted by Crippen LogP contribution is 2.45. The predicted molar refractivity (Wildman–Crippen MR) is 55.2 cm³/mol. The molecule has 2 unspecified atom stereocenters. The zero-order chi connectivity index (χ0) is 9.54. The van der Waals surface area contributed by atoms with Gasteiger partial charge in [0.2, 0.25) is 0 Å². The van der Waals surface area contributed by atoms with E-state index in [1.807, 2.05) is 0 Å². The molecule has 0 N–H and O–H groups in total. The van der Waals surface area contributed by atoms with Crippen molar-refractivity contribution in [3.8, 4) is 0 Å². The van der Waals surface area contributed by atoms with Crippen LogP contribution in [-0.4, -0.2) is 5.78 Å². The average Bonchev–Trinajstić information content (AvgIpc) is 2.35. The lowest BCUT2D eigenvalue weighted by atomic mass is 9.68. The summed E-state index contributed by atoms with van der Waals surface area (Å²) in [7, 11) is 0. The summed E-state index contributed by atoms with van der Waals surface area (Å²) in [5.41, 5.74) is 2.93. The van der Waals surface area contributed by atoms with Crippen molar-refractivity contribution >= 4 is 5.78 Å². The quantitative estimate of drug-likeness (QED) is 0.609. The maximum absolute atomic E-state index is 11.4. The molecule has 1 aromatic rings. The second-order valence-corrected chi connectivity index (χ2v) is 4.47. The standard InChI is InChI=1S/C13H14O/c14-13-8-12-10-6-2-1-4-9(10)5-3-7-11(12)13/h1-2,4,6,11-12H,3,5,7-8H2. The van der Waals surface area contributed by atoms with Crippen LogP contribution < -0.4 is 0 Å². The molecule has 0 bridgehead atoms. The van der Waals surface area contributed by atoms with E-state index in [9.17, 15) is 4.79 Å². The highest BCUT2D eigenvalue weighted by Gasteiger charge is 2.41. The Balaban J connectivity index is 2.04. The summed E-state index contributed by atoms with van der Waals surface area (Å²) in [6.45, 7) is 0. The molecule has 2 aliphatic rings. The zero-order valence-electron chi connectivity index (χ0n) is 8.20. The van der Waals surface area contributed by atoms with Crippen LogP contribution in [0.2, 0.25) is 0 Å². The molecule has 72 valence electrons. The Bertz CT molecular complexity index is 381. The van der Waals surface area contributed by atoms with Gasteiger partial charge < -0.3 is 0 Å². The minimum atomic E-state index is 0.360. The van der Waals surface area contributed by atoms with E-state index in [0.29, 0.717) is 17.6 Å². The summed E-state index contributed by atoms with van der Waals surface area (Å²) in [5, 5.41) is 0.